The number of aromatic hydroxyl groups is 1. The minimum atomic E-state index is -4.75. The van der Waals surface area contributed by atoms with Gasteiger partial charge in [0.25, 0.3) is 0 Å². The zero-order chi connectivity index (χ0) is 16.3. The second kappa shape index (κ2) is 6.55. The summed E-state index contributed by atoms with van der Waals surface area (Å²) in [5.74, 6) is -0.941. The van der Waals surface area contributed by atoms with Crippen LogP contribution in [-0.4, -0.2) is 29.3 Å². The van der Waals surface area contributed by atoms with Gasteiger partial charge < -0.3 is 5.11 Å². The molecule has 0 unspecified atom stereocenters. The molecule has 0 bridgehead atoms. The van der Waals surface area contributed by atoms with E-state index in [0.717, 1.165) is 11.0 Å². The van der Waals surface area contributed by atoms with Crippen LogP contribution in [0.5, 0.6) is 5.75 Å². The van der Waals surface area contributed by atoms with E-state index >= 15 is 0 Å². The van der Waals surface area contributed by atoms with Gasteiger partial charge in [0.1, 0.15) is 5.75 Å². The quantitative estimate of drug-likeness (QED) is 0.824. The molecule has 0 spiro atoms. The maximum atomic E-state index is 12.6. The van der Waals surface area contributed by atoms with E-state index in [9.17, 15) is 31.4 Å². The lowest BCUT2D eigenvalue weighted by Gasteiger charge is -2.23. The fourth-order valence-electron chi connectivity index (χ4n) is 1.95. The molecular formula is C13H15F6NO. The van der Waals surface area contributed by atoms with E-state index in [1.54, 1.807) is 6.92 Å². The first-order valence-electron chi connectivity index (χ1n) is 6.21. The van der Waals surface area contributed by atoms with E-state index in [2.05, 4.69) is 0 Å². The third-order valence-electron chi connectivity index (χ3n) is 2.72. The molecule has 21 heavy (non-hydrogen) atoms. The molecule has 1 rings (SSSR count). The Bertz CT molecular complexity index is 469. The van der Waals surface area contributed by atoms with Crippen molar-refractivity contribution in [1.82, 2.24) is 4.90 Å². The average Bonchev–Trinajstić information content (AvgIpc) is 2.28. The molecule has 0 saturated carbocycles. The van der Waals surface area contributed by atoms with Gasteiger partial charge in [-0.25, -0.2) is 0 Å². The Kier molecular flexibility index (Phi) is 5.49. The first-order valence-corrected chi connectivity index (χ1v) is 6.21. The molecule has 0 aliphatic heterocycles. The zero-order valence-electron chi connectivity index (χ0n) is 11.2. The van der Waals surface area contributed by atoms with Crippen LogP contribution in [0.3, 0.4) is 0 Å². The summed E-state index contributed by atoms with van der Waals surface area (Å²) in [6.07, 6.45) is -8.72. The van der Waals surface area contributed by atoms with Crippen molar-refractivity contribution >= 4 is 0 Å². The molecule has 1 aromatic carbocycles. The summed E-state index contributed by atoms with van der Waals surface area (Å²) in [6, 6.07) is 2.70. The number of rotatable bonds is 5. The summed E-state index contributed by atoms with van der Waals surface area (Å²) in [5.41, 5.74) is -1.18. The number of phenols is 1. The lowest BCUT2D eigenvalue weighted by atomic mass is 10.1. The maximum absolute atomic E-state index is 12.6. The van der Waals surface area contributed by atoms with Crippen LogP contribution in [0.15, 0.2) is 18.2 Å². The van der Waals surface area contributed by atoms with Gasteiger partial charge in [-0.15, -0.1) is 0 Å². The van der Waals surface area contributed by atoms with Crippen LogP contribution in [0, 0.1) is 0 Å². The minimum absolute atomic E-state index is 0.0674. The second-order valence-corrected chi connectivity index (χ2v) is 4.68. The number of halogens is 6. The zero-order valence-corrected chi connectivity index (χ0v) is 11.2. The largest absolute Gasteiger partial charge is 0.507 e. The van der Waals surface area contributed by atoms with Gasteiger partial charge in [0.2, 0.25) is 0 Å². The van der Waals surface area contributed by atoms with Gasteiger partial charge in [0.15, 0.2) is 0 Å². The Hall–Kier alpha value is -1.44. The molecule has 0 radical (unpaired) electrons. The normalized spacial score (nSPS) is 13.0. The van der Waals surface area contributed by atoms with E-state index in [1.165, 1.54) is 6.07 Å². The molecule has 1 N–H and O–H groups in total. The summed E-state index contributed by atoms with van der Waals surface area (Å²) in [7, 11) is 0. The molecule has 1 aromatic rings. The lowest BCUT2D eigenvalue weighted by Crippen LogP contribution is -2.34. The molecule has 8 heteroatoms. The molecule has 0 atom stereocenters. The second-order valence-electron chi connectivity index (χ2n) is 4.68. The van der Waals surface area contributed by atoms with E-state index < -0.39 is 30.2 Å². The van der Waals surface area contributed by atoms with Gasteiger partial charge in [-0.3, -0.25) is 4.90 Å². The first-order chi connectivity index (χ1) is 9.53. The first kappa shape index (κ1) is 17.6. The van der Waals surface area contributed by atoms with Crippen molar-refractivity contribution in [3.63, 3.8) is 0 Å². The number of hydrogen-bond donors (Lipinski definition) is 1. The van der Waals surface area contributed by atoms with Crippen molar-refractivity contribution in [3.8, 4) is 5.75 Å². The molecule has 0 aliphatic carbocycles. The topological polar surface area (TPSA) is 23.5 Å². The van der Waals surface area contributed by atoms with E-state index in [0.29, 0.717) is 12.5 Å². The van der Waals surface area contributed by atoms with Crippen molar-refractivity contribution in [1.29, 1.82) is 0 Å². The van der Waals surface area contributed by atoms with Gasteiger partial charge in [-0.05, 0) is 30.7 Å². The third-order valence-corrected chi connectivity index (χ3v) is 2.72. The Morgan fingerprint density at radius 3 is 2.19 bits per heavy atom. The highest BCUT2D eigenvalue weighted by Crippen LogP contribution is 2.36. The van der Waals surface area contributed by atoms with Crippen molar-refractivity contribution in [2.24, 2.45) is 0 Å². The molecular weight excluding hydrogens is 300 g/mol. The lowest BCUT2D eigenvalue weighted by molar-refractivity contribution is -0.147. The molecule has 0 aliphatic rings. The Morgan fingerprint density at radius 2 is 1.71 bits per heavy atom. The van der Waals surface area contributed by atoms with Crippen LogP contribution >= 0.6 is 0 Å². The number of phenolic OH excluding ortho intramolecular Hbond substituents is 1. The third kappa shape index (κ3) is 5.82. The van der Waals surface area contributed by atoms with Gasteiger partial charge in [0, 0.05) is 6.54 Å². The van der Waals surface area contributed by atoms with E-state index in [1.807, 2.05) is 0 Å². The van der Waals surface area contributed by atoms with Gasteiger partial charge in [-0.1, -0.05) is 13.0 Å². The molecule has 2 nitrogen and oxygen atoms in total. The standard InChI is InChI=1S/C13H15F6NO/c1-2-5-20(8-12(14,15)16)7-9-3-4-11(21)10(6-9)13(17,18)19/h3-4,6,21H,2,5,7-8H2,1H3. The van der Waals surface area contributed by atoms with Crippen LogP contribution in [0.25, 0.3) is 0 Å². The van der Waals surface area contributed by atoms with E-state index in [4.69, 9.17) is 0 Å². The highest BCUT2D eigenvalue weighted by molar-refractivity contribution is 5.38. The minimum Gasteiger partial charge on any atom is -0.507 e. The molecule has 0 fully saturated rings. The maximum Gasteiger partial charge on any atom is 0.419 e. The van der Waals surface area contributed by atoms with Gasteiger partial charge in [0.05, 0.1) is 12.1 Å². The Balaban J connectivity index is 2.94. The van der Waals surface area contributed by atoms with Crippen LogP contribution in [-0.2, 0) is 12.7 Å². The fourth-order valence-corrected chi connectivity index (χ4v) is 1.95. The molecule has 120 valence electrons. The van der Waals surface area contributed by atoms with Crippen LogP contribution in [0.1, 0.15) is 24.5 Å². The SMILES string of the molecule is CCCN(Cc1ccc(O)c(C(F)(F)F)c1)CC(F)(F)F. The highest BCUT2D eigenvalue weighted by atomic mass is 19.4. The monoisotopic (exact) mass is 315 g/mol. The highest BCUT2D eigenvalue weighted by Gasteiger charge is 2.34. The van der Waals surface area contributed by atoms with E-state index in [-0.39, 0.29) is 18.7 Å². The van der Waals surface area contributed by atoms with Gasteiger partial charge >= 0.3 is 12.4 Å². The number of benzene rings is 1. The van der Waals surface area contributed by atoms with Crippen LogP contribution < -0.4 is 0 Å². The summed E-state index contributed by atoms with van der Waals surface area (Å²) in [4.78, 5) is 1.02. The average molecular weight is 315 g/mol. The van der Waals surface area contributed by atoms with Crippen LogP contribution in [0.4, 0.5) is 26.3 Å². The Morgan fingerprint density at radius 1 is 1.10 bits per heavy atom. The van der Waals surface area contributed by atoms with Gasteiger partial charge in [-0.2, -0.15) is 26.3 Å². The smallest absolute Gasteiger partial charge is 0.419 e. The van der Waals surface area contributed by atoms with Crippen molar-refractivity contribution in [2.75, 3.05) is 13.1 Å². The predicted molar refractivity (Wildman–Crippen MR) is 64.7 cm³/mol. The predicted octanol–water partition coefficient (Wildman–Crippen LogP) is 4.19. The number of alkyl halides is 6. The molecule has 0 amide bonds. The summed E-state index contributed by atoms with van der Waals surface area (Å²) < 4.78 is 75.1. The number of hydrogen-bond acceptors (Lipinski definition) is 2. The molecule has 0 saturated heterocycles. The molecule has 0 aromatic heterocycles. The Labute approximate surface area is 118 Å². The summed E-state index contributed by atoms with van der Waals surface area (Å²) >= 11 is 0. The van der Waals surface area contributed by atoms with Crippen molar-refractivity contribution in [2.45, 2.75) is 32.2 Å². The summed E-state index contributed by atoms with van der Waals surface area (Å²) in [5, 5.41) is 9.18. The molecule has 0 heterocycles. The van der Waals surface area contributed by atoms with Crippen molar-refractivity contribution in [3.05, 3.63) is 29.3 Å². The fraction of sp³-hybridized carbons (Fsp3) is 0.538. The number of nitrogens with zero attached hydrogens (tertiary/aromatic N) is 1. The van der Waals surface area contributed by atoms with Crippen molar-refractivity contribution < 1.29 is 31.4 Å². The summed E-state index contributed by atoms with van der Waals surface area (Å²) in [6.45, 7) is 0.336. The van der Waals surface area contributed by atoms with Crippen LogP contribution in [0.2, 0.25) is 0 Å².